The van der Waals surface area contributed by atoms with Crippen molar-refractivity contribution in [3.8, 4) is 0 Å². The van der Waals surface area contributed by atoms with Gasteiger partial charge in [-0.1, -0.05) is 52.9 Å². The van der Waals surface area contributed by atoms with Crippen molar-refractivity contribution in [1.82, 2.24) is 0 Å². The summed E-state index contributed by atoms with van der Waals surface area (Å²) in [6.45, 7) is 6.48. The van der Waals surface area contributed by atoms with E-state index in [1.807, 2.05) is 6.92 Å². The largest absolute Gasteiger partial charge is 1.00 e. The quantitative estimate of drug-likeness (QED) is 0.106. The average molecular weight is 414 g/mol. The molecule has 1 fully saturated rings. The van der Waals surface area contributed by atoms with E-state index in [9.17, 15) is 14.8 Å². The standard InChI is InChI=1S/C18H32O7S.Na/c1-4-7-9-10-12-22-16(20)18(26-25-24-21)13-15(19)23-14-17(18,6-3)11-8-5-2;/h21H,4-14H2,1-3H3;/q;+1/p-1. The molecule has 1 rings (SSSR count). The van der Waals surface area contributed by atoms with Gasteiger partial charge >= 0.3 is 41.5 Å². The van der Waals surface area contributed by atoms with Crippen molar-refractivity contribution in [3.05, 3.63) is 0 Å². The maximum atomic E-state index is 13.1. The van der Waals surface area contributed by atoms with Crippen molar-refractivity contribution in [1.29, 1.82) is 0 Å². The Morgan fingerprint density at radius 3 is 2.48 bits per heavy atom. The number of hydrogen-bond donors (Lipinski definition) is 0. The molecule has 0 aromatic rings. The van der Waals surface area contributed by atoms with E-state index in [-0.39, 0.29) is 49.2 Å². The summed E-state index contributed by atoms with van der Waals surface area (Å²) in [5.41, 5.74) is -0.666. The van der Waals surface area contributed by atoms with E-state index < -0.39 is 22.1 Å². The van der Waals surface area contributed by atoms with E-state index in [1.54, 1.807) is 0 Å². The molecule has 2 unspecified atom stereocenters. The molecule has 1 aliphatic rings. The SMILES string of the molecule is CCCCCCOC(=O)C1(SOO[O-])CC(=O)OCC1(CC)CCCC.[Na+]. The molecule has 1 heterocycles. The second-order valence-electron chi connectivity index (χ2n) is 6.82. The molecule has 0 bridgehead atoms. The zero-order valence-corrected chi connectivity index (χ0v) is 19.9. The number of esters is 2. The molecule has 0 aromatic carbocycles. The van der Waals surface area contributed by atoms with Crippen molar-refractivity contribution >= 4 is 24.0 Å². The third-order valence-corrected chi connectivity index (χ3v) is 6.36. The molecular formula is C18H31NaO7S. The van der Waals surface area contributed by atoms with Crippen LogP contribution in [0.4, 0.5) is 0 Å². The van der Waals surface area contributed by atoms with Crippen LogP contribution in [0.1, 0.15) is 78.6 Å². The van der Waals surface area contributed by atoms with Crippen LogP contribution in [0.3, 0.4) is 0 Å². The minimum atomic E-state index is -1.35. The van der Waals surface area contributed by atoms with Crippen LogP contribution in [0.5, 0.6) is 0 Å². The van der Waals surface area contributed by atoms with Gasteiger partial charge in [0.25, 0.3) is 0 Å². The number of hydrogen-bond acceptors (Lipinski definition) is 8. The maximum absolute atomic E-state index is 13.1. The van der Waals surface area contributed by atoms with E-state index in [2.05, 4.69) is 23.2 Å². The van der Waals surface area contributed by atoms with Crippen molar-refractivity contribution < 1.29 is 63.2 Å². The minimum absolute atomic E-state index is 0. The molecule has 0 N–H and O–H groups in total. The second-order valence-corrected chi connectivity index (χ2v) is 7.82. The number of ether oxygens (including phenoxy) is 2. The zero-order valence-electron chi connectivity index (χ0n) is 17.0. The topological polar surface area (TPSA) is 94.1 Å². The fourth-order valence-corrected chi connectivity index (χ4v) is 4.38. The van der Waals surface area contributed by atoms with Crippen LogP contribution in [-0.4, -0.2) is 29.9 Å². The second kappa shape index (κ2) is 14.2. The third kappa shape index (κ3) is 7.17. The summed E-state index contributed by atoms with van der Waals surface area (Å²) in [5.74, 6) is -1.04. The van der Waals surface area contributed by atoms with E-state index in [1.165, 1.54) is 0 Å². The smallest absolute Gasteiger partial charge is 0.691 e. The van der Waals surface area contributed by atoms with Crippen molar-refractivity contribution in [2.75, 3.05) is 13.2 Å². The summed E-state index contributed by atoms with van der Waals surface area (Å²) in [4.78, 5) is 25.1. The molecule has 0 aliphatic carbocycles. The van der Waals surface area contributed by atoms with Crippen molar-refractivity contribution in [2.24, 2.45) is 5.41 Å². The van der Waals surface area contributed by atoms with Gasteiger partial charge in [0, 0.05) is 5.41 Å². The van der Waals surface area contributed by atoms with Crippen LogP contribution in [0.15, 0.2) is 0 Å². The van der Waals surface area contributed by atoms with Gasteiger partial charge in [-0.25, -0.2) is 0 Å². The molecule has 0 aromatic heterocycles. The molecule has 152 valence electrons. The Morgan fingerprint density at radius 1 is 1.19 bits per heavy atom. The van der Waals surface area contributed by atoms with Gasteiger partial charge in [-0.2, -0.15) is 4.33 Å². The third-order valence-electron chi connectivity index (χ3n) is 5.21. The summed E-state index contributed by atoms with van der Waals surface area (Å²) in [5, 5.41) is 14.0. The fourth-order valence-electron chi connectivity index (χ4n) is 3.45. The van der Waals surface area contributed by atoms with Crippen LogP contribution in [0.2, 0.25) is 0 Å². The summed E-state index contributed by atoms with van der Waals surface area (Å²) < 4.78 is 14.0. The monoisotopic (exact) mass is 414 g/mol. The molecule has 2 atom stereocenters. The van der Waals surface area contributed by atoms with Crippen LogP contribution in [0, 0.1) is 5.41 Å². The van der Waals surface area contributed by atoms with Crippen LogP contribution >= 0.6 is 12.0 Å². The van der Waals surface area contributed by atoms with Gasteiger partial charge in [0.2, 0.25) is 0 Å². The zero-order chi connectivity index (χ0) is 19.5. The molecule has 9 heteroatoms. The molecular weight excluding hydrogens is 383 g/mol. The Bertz CT molecular complexity index is 451. The van der Waals surface area contributed by atoms with Gasteiger partial charge in [0.1, 0.15) is 0 Å². The molecule has 27 heavy (non-hydrogen) atoms. The number of unbranched alkanes of at least 4 members (excludes halogenated alkanes) is 4. The van der Waals surface area contributed by atoms with Gasteiger partial charge in [-0.15, -0.1) is 0 Å². The number of carbonyl (C=O) groups is 2. The predicted octanol–water partition coefficient (Wildman–Crippen LogP) is 0.258. The molecule has 7 nitrogen and oxygen atoms in total. The van der Waals surface area contributed by atoms with Gasteiger partial charge in [0.05, 0.1) is 31.7 Å². The van der Waals surface area contributed by atoms with Crippen LogP contribution < -0.4 is 34.8 Å². The van der Waals surface area contributed by atoms with E-state index in [0.717, 1.165) is 38.5 Å². The first-order chi connectivity index (χ1) is 12.5. The Balaban J connectivity index is 0.00000676. The van der Waals surface area contributed by atoms with E-state index in [0.29, 0.717) is 24.9 Å². The van der Waals surface area contributed by atoms with Gasteiger partial charge in [-0.3, -0.25) is 14.6 Å². The summed E-state index contributed by atoms with van der Waals surface area (Å²) in [7, 11) is 0. The molecule has 0 radical (unpaired) electrons. The summed E-state index contributed by atoms with van der Waals surface area (Å²) in [6, 6.07) is 0. The predicted molar refractivity (Wildman–Crippen MR) is 95.4 cm³/mol. The average Bonchev–Trinajstić information content (AvgIpc) is 2.65. The number of rotatable bonds is 13. The fraction of sp³-hybridized carbons (Fsp3) is 0.889. The number of cyclic esters (lactones) is 1. The Labute approximate surface area is 188 Å². The maximum Gasteiger partial charge on any atom is 1.00 e. The Morgan fingerprint density at radius 2 is 1.89 bits per heavy atom. The van der Waals surface area contributed by atoms with E-state index >= 15 is 0 Å². The molecule has 0 amide bonds. The Kier molecular flexibility index (Phi) is 14.3. The first kappa shape index (κ1) is 27.2. The van der Waals surface area contributed by atoms with Gasteiger partial charge in [-0.05, 0) is 19.3 Å². The molecule has 1 saturated heterocycles. The van der Waals surface area contributed by atoms with Crippen LogP contribution in [-0.2, 0) is 28.4 Å². The van der Waals surface area contributed by atoms with Gasteiger partial charge in [0.15, 0.2) is 4.75 Å². The van der Waals surface area contributed by atoms with Crippen molar-refractivity contribution in [3.63, 3.8) is 0 Å². The number of carbonyl (C=O) groups excluding carboxylic acids is 2. The molecule has 1 aliphatic heterocycles. The molecule has 0 spiro atoms. The van der Waals surface area contributed by atoms with Gasteiger partial charge < -0.3 is 14.7 Å². The minimum Gasteiger partial charge on any atom is -0.691 e. The van der Waals surface area contributed by atoms with E-state index in [4.69, 9.17) is 9.47 Å². The first-order valence-electron chi connectivity index (χ1n) is 9.49. The van der Waals surface area contributed by atoms with Crippen molar-refractivity contribution in [2.45, 2.75) is 83.3 Å². The normalized spacial score (nSPS) is 24.8. The first-order valence-corrected chi connectivity index (χ1v) is 10.2. The Hall–Kier alpha value is 0.170. The van der Waals surface area contributed by atoms with Crippen LogP contribution in [0.25, 0.3) is 0 Å². The summed E-state index contributed by atoms with van der Waals surface area (Å²) >= 11 is 0.597. The summed E-state index contributed by atoms with van der Waals surface area (Å²) in [6.07, 6.45) is 6.73. The molecule has 0 saturated carbocycles.